The Morgan fingerprint density at radius 1 is 1.23 bits per heavy atom. The fraction of sp³-hybridized carbons (Fsp3) is 0.400. The first-order chi connectivity index (χ1) is 14.9. The third kappa shape index (κ3) is 3.08. The molecule has 5 rings (SSSR count). The van der Waals surface area contributed by atoms with E-state index in [2.05, 4.69) is 36.3 Å². The van der Waals surface area contributed by atoms with Crippen LogP contribution in [0.2, 0.25) is 0 Å². The summed E-state index contributed by atoms with van der Waals surface area (Å²) < 4.78 is 6.20. The normalized spacial score (nSPS) is 29.3. The van der Waals surface area contributed by atoms with Gasteiger partial charge in [0.25, 0.3) is 0 Å². The SMILES string of the molecule is CCN1C[C@@]23C=C[C@@H](O2)[C@H](C(=O)N[C@H](c2ccncc2)c2ccc(C)c(C)c2)[C@@H]3C1=O. The third-order valence-corrected chi connectivity index (χ3v) is 7.05. The van der Waals surface area contributed by atoms with Gasteiger partial charge in [0.15, 0.2) is 0 Å². The predicted molar refractivity (Wildman–Crippen MR) is 116 cm³/mol. The Labute approximate surface area is 182 Å². The second kappa shape index (κ2) is 7.31. The molecule has 0 radical (unpaired) electrons. The Hall–Kier alpha value is -2.99. The number of nitrogens with one attached hydrogen (secondary N) is 1. The molecule has 31 heavy (non-hydrogen) atoms. The number of hydrogen-bond acceptors (Lipinski definition) is 4. The fourth-order valence-corrected chi connectivity index (χ4v) is 5.24. The number of nitrogens with zero attached hydrogens (tertiary/aromatic N) is 2. The van der Waals surface area contributed by atoms with E-state index < -0.39 is 17.4 Å². The Morgan fingerprint density at radius 2 is 2.00 bits per heavy atom. The van der Waals surface area contributed by atoms with Crippen LogP contribution in [0.3, 0.4) is 0 Å². The summed E-state index contributed by atoms with van der Waals surface area (Å²) in [6.07, 6.45) is 7.04. The number of aryl methyl sites for hydroxylation is 2. The molecule has 3 aliphatic rings. The van der Waals surface area contributed by atoms with E-state index >= 15 is 0 Å². The number of likely N-dealkylation sites (N-methyl/N-ethyl adjacent to an activating group) is 1. The lowest BCUT2D eigenvalue weighted by atomic mass is 9.76. The Bertz CT molecular complexity index is 1070. The molecule has 2 fully saturated rings. The van der Waals surface area contributed by atoms with Crippen molar-refractivity contribution in [2.75, 3.05) is 13.1 Å². The van der Waals surface area contributed by atoms with E-state index in [-0.39, 0.29) is 24.0 Å². The molecule has 0 aliphatic carbocycles. The monoisotopic (exact) mass is 417 g/mol. The van der Waals surface area contributed by atoms with Gasteiger partial charge in [0.05, 0.1) is 30.5 Å². The Balaban J connectivity index is 1.47. The molecule has 2 bridgehead atoms. The van der Waals surface area contributed by atoms with E-state index in [1.54, 1.807) is 17.3 Å². The molecule has 2 saturated heterocycles. The minimum absolute atomic E-state index is 0.0149. The van der Waals surface area contributed by atoms with E-state index in [0.29, 0.717) is 13.1 Å². The zero-order valence-electron chi connectivity index (χ0n) is 18.0. The molecule has 6 heteroatoms. The molecule has 160 valence electrons. The molecule has 1 N–H and O–H groups in total. The number of ether oxygens (including phenoxy) is 1. The number of hydrogen-bond donors (Lipinski definition) is 1. The van der Waals surface area contributed by atoms with Crippen molar-refractivity contribution in [3.63, 3.8) is 0 Å². The summed E-state index contributed by atoms with van der Waals surface area (Å²) in [4.78, 5) is 32.6. The van der Waals surface area contributed by atoms with Crippen LogP contribution in [0.15, 0.2) is 54.9 Å². The first-order valence-corrected chi connectivity index (χ1v) is 10.9. The van der Waals surface area contributed by atoms with Crippen molar-refractivity contribution in [3.8, 4) is 0 Å². The van der Waals surface area contributed by atoms with Gasteiger partial charge >= 0.3 is 0 Å². The van der Waals surface area contributed by atoms with Crippen LogP contribution in [0.1, 0.15) is 35.2 Å². The van der Waals surface area contributed by atoms with Gasteiger partial charge in [0.1, 0.15) is 5.60 Å². The molecule has 3 aliphatic heterocycles. The van der Waals surface area contributed by atoms with Crippen LogP contribution in [-0.2, 0) is 14.3 Å². The first kappa shape index (κ1) is 19.9. The molecule has 5 atom stereocenters. The molecular formula is C25H27N3O3. The van der Waals surface area contributed by atoms with Crippen molar-refractivity contribution in [3.05, 3.63) is 77.1 Å². The summed E-state index contributed by atoms with van der Waals surface area (Å²) in [6, 6.07) is 9.73. The standard InChI is InChI=1S/C25H27N3O3/c1-4-28-14-25-10-7-19(31-25)20(21(25)24(28)30)23(29)27-22(17-8-11-26-12-9-17)18-6-5-15(2)16(3)13-18/h5-13,19-22H,4,14H2,1-3H3,(H,27,29)/t19-,20+,21-,22-,25-/m1/s1. The highest BCUT2D eigenvalue weighted by atomic mass is 16.5. The van der Waals surface area contributed by atoms with Crippen LogP contribution >= 0.6 is 0 Å². The van der Waals surface area contributed by atoms with Crippen LogP contribution < -0.4 is 5.32 Å². The minimum atomic E-state index is -0.660. The number of fused-ring (bicyclic) bond motifs is 1. The van der Waals surface area contributed by atoms with Gasteiger partial charge in [-0.3, -0.25) is 14.6 Å². The number of amides is 2. The van der Waals surface area contributed by atoms with E-state index in [1.807, 2.05) is 37.3 Å². The van der Waals surface area contributed by atoms with Crippen LogP contribution in [0, 0.1) is 25.7 Å². The van der Waals surface area contributed by atoms with E-state index in [4.69, 9.17) is 4.74 Å². The average molecular weight is 418 g/mol. The highest BCUT2D eigenvalue weighted by Gasteiger charge is 2.66. The number of likely N-dealkylation sites (tertiary alicyclic amines) is 1. The van der Waals surface area contributed by atoms with Crippen molar-refractivity contribution in [2.24, 2.45) is 11.8 Å². The molecule has 2 amide bonds. The van der Waals surface area contributed by atoms with Crippen LogP contribution in [0.4, 0.5) is 0 Å². The third-order valence-electron chi connectivity index (χ3n) is 7.05. The predicted octanol–water partition coefficient (Wildman–Crippen LogP) is 2.71. The largest absolute Gasteiger partial charge is 0.360 e. The van der Waals surface area contributed by atoms with E-state index in [9.17, 15) is 9.59 Å². The quantitative estimate of drug-likeness (QED) is 0.760. The number of aromatic nitrogens is 1. The molecule has 1 aromatic carbocycles. The molecule has 0 saturated carbocycles. The van der Waals surface area contributed by atoms with Crippen molar-refractivity contribution < 1.29 is 14.3 Å². The maximum atomic E-state index is 13.6. The number of benzene rings is 1. The zero-order chi connectivity index (χ0) is 21.8. The van der Waals surface area contributed by atoms with Gasteiger partial charge in [0, 0.05) is 18.9 Å². The summed E-state index contributed by atoms with van der Waals surface area (Å²) in [6.45, 7) is 7.24. The molecule has 0 unspecified atom stereocenters. The molecule has 4 heterocycles. The van der Waals surface area contributed by atoms with Gasteiger partial charge in [-0.15, -0.1) is 0 Å². The molecule has 1 aromatic heterocycles. The molecule has 1 spiro atoms. The van der Waals surface area contributed by atoms with Crippen molar-refractivity contribution in [1.82, 2.24) is 15.2 Å². The average Bonchev–Trinajstić information content (AvgIpc) is 3.42. The highest BCUT2D eigenvalue weighted by molar-refractivity contribution is 5.93. The highest BCUT2D eigenvalue weighted by Crippen LogP contribution is 2.52. The second-order valence-corrected chi connectivity index (χ2v) is 8.82. The lowest BCUT2D eigenvalue weighted by Gasteiger charge is -2.27. The maximum Gasteiger partial charge on any atom is 0.230 e. The van der Waals surface area contributed by atoms with Crippen LogP contribution in [0.25, 0.3) is 0 Å². The topological polar surface area (TPSA) is 71.5 Å². The summed E-state index contributed by atoms with van der Waals surface area (Å²) >= 11 is 0. The second-order valence-electron chi connectivity index (χ2n) is 8.82. The Kier molecular flexibility index (Phi) is 4.70. The Morgan fingerprint density at radius 3 is 2.71 bits per heavy atom. The van der Waals surface area contributed by atoms with Gasteiger partial charge in [0.2, 0.25) is 11.8 Å². The summed E-state index contributed by atoms with van der Waals surface area (Å²) in [5.41, 5.74) is 3.67. The number of carbonyl (C=O) groups excluding carboxylic acids is 2. The van der Waals surface area contributed by atoms with Gasteiger partial charge in [-0.25, -0.2) is 0 Å². The van der Waals surface area contributed by atoms with Crippen LogP contribution in [-0.4, -0.2) is 46.5 Å². The summed E-state index contributed by atoms with van der Waals surface area (Å²) in [7, 11) is 0. The van der Waals surface area contributed by atoms with E-state index in [0.717, 1.165) is 11.1 Å². The molecule has 2 aromatic rings. The number of carbonyl (C=O) groups is 2. The van der Waals surface area contributed by atoms with Crippen molar-refractivity contribution in [1.29, 1.82) is 0 Å². The van der Waals surface area contributed by atoms with Crippen molar-refractivity contribution >= 4 is 11.8 Å². The fourth-order valence-electron chi connectivity index (χ4n) is 5.24. The zero-order valence-corrected chi connectivity index (χ0v) is 18.0. The summed E-state index contributed by atoms with van der Waals surface area (Å²) in [5.74, 6) is -1.11. The van der Waals surface area contributed by atoms with Gasteiger partial charge in [-0.2, -0.15) is 0 Å². The van der Waals surface area contributed by atoms with Gasteiger partial charge < -0.3 is 15.0 Å². The minimum Gasteiger partial charge on any atom is -0.360 e. The maximum absolute atomic E-state index is 13.6. The van der Waals surface area contributed by atoms with E-state index in [1.165, 1.54) is 11.1 Å². The summed E-state index contributed by atoms with van der Waals surface area (Å²) in [5, 5.41) is 3.23. The first-order valence-electron chi connectivity index (χ1n) is 10.9. The molecule has 6 nitrogen and oxygen atoms in total. The van der Waals surface area contributed by atoms with Gasteiger partial charge in [-0.1, -0.05) is 30.4 Å². The number of pyridine rings is 1. The van der Waals surface area contributed by atoms with Crippen molar-refractivity contribution in [2.45, 2.75) is 38.5 Å². The lowest BCUT2D eigenvalue weighted by molar-refractivity contribution is -0.137. The molecular weight excluding hydrogens is 390 g/mol. The lowest BCUT2D eigenvalue weighted by Crippen LogP contribution is -2.45. The smallest absolute Gasteiger partial charge is 0.230 e. The van der Waals surface area contributed by atoms with Gasteiger partial charge in [-0.05, 0) is 55.2 Å². The number of rotatable bonds is 5. The van der Waals surface area contributed by atoms with Crippen LogP contribution in [0.5, 0.6) is 0 Å².